The number of hydrogen-bond acceptors (Lipinski definition) is 6. The summed E-state index contributed by atoms with van der Waals surface area (Å²) in [6.07, 6.45) is 0.944. The van der Waals surface area contributed by atoms with E-state index in [1.54, 1.807) is 12.1 Å². The number of nitrogens with zero attached hydrogens (tertiary/aromatic N) is 3. The van der Waals surface area contributed by atoms with Gasteiger partial charge in [0.1, 0.15) is 10.4 Å². The molecule has 0 aliphatic carbocycles. The van der Waals surface area contributed by atoms with E-state index in [-0.39, 0.29) is 41.4 Å². The Morgan fingerprint density at radius 2 is 1.83 bits per heavy atom. The molecule has 1 N–H and O–H groups in total. The van der Waals surface area contributed by atoms with E-state index in [1.807, 2.05) is 37.3 Å². The lowest BCUT2D eigenvalue weighted by atomic mass is 9.96. The molecule has 8 nitrogen and oxygen atoms in total. The number of piperidine rings is 1. The number of amides is 1. The zero-order valence-corrected chi connectivity index (χ0v) is 16.8. The Morgan fingerprint density at radius 1 is 1.10 bits per heavy atom. The molecule has 1 aliphatic rings. The molecule has 9 heteroatoms. The summed E-state index contributed by atoms with van der Waals surface area (Å²) in [7, 11) is -3.73. The molecule has 1 saturated heterocycles. The van der Waals surface area contributed by atoms with E-state index in [0.29, 0.717) is 18.4 Å². The molecule has 29 heavy (non-hydrogen) atoms. The van der Waals surface area contributed by atoms with Crippen molar-refractivity contribution in [3.05, 3.63) is 54.1 Å². The fourth-order valence-corrected chi connectivity index (χ4v) is 5.25. The van der Waals surface area contributed by atoms with E-state index in [4.69, 9.17) is 0 Å². The van der Waals surface area contributed by atoms with E-state index in [2.05, 4.69) is 20.3 Å². The summed E-state index contributed by atoms with van der Waals surface area (Å²) in [5.74, 6) is -0.252. The molecule has 2 heterocycles. The monoisotopic (exact) mass is 414 g/mol. The summed E-state index contributed by atoms with van der Waals surface area (Å²) in [5, 5.41) is 10.5. The number of hydrogen-bond donors (Lipinski definition) is 1. The highest BCUT2D eigenvalue weighted by Crippen LogP contribution is 2.28. The van der Waals surface area contributed by atoms with Crippen LogP contribution in [-0.2, 0) is 14.8 Å². The summed E-state index contributed by atoms with van der Waals surface area (Å²) in [4.78, 5) is 12.7. The number of carbonyl (C=O) groups excluding carboxylic acids is 1. The number of nitrogens with one attached hydrogen (secondary N) is 1. The maximum atomic E-state index is 13.1. The molecule has 1 atom stereocenters. The largest absolute Gasteiger partial charge is 0.349 e. The lowest BCUT2D eigenvalue weighted by molar-refractivity contribution is -0.126. The topological polar surface area (TPSA) is 105 Å². The van der Waals surface area contributed by atoms with E-state index < -0.39 is 10.0 Å². The molecule has 0 radical (unpaired) electrons. The number of fused-ring (bicyclic) bond motifs is 1. The first-order valence-electron chi connectivity index (χ1n) is 9.53. The summed E-state index contributed by atoms with van der Waals surface area (Å²) < 4.78 is 32.2. The predicted octanol–water partition coefficient (Wildman–Crippen LogP) is 2.50. The molecule has 1 aliphatic heterocycles. The van der Waals surface area contributed by atoms with Crippen molar-refractivity contribution < 1.29 is 17.8 Å². The van der Waals surface area contributed by atoms with Crippen molar-refractivity contribution in [1.29, 1.82) is 0 Å². The first kappa shape index (κ1) is 19.5. The molecule has 2 aromatic carbocycles. The van der Waals surface area contributed by atoms with Gasteiger partial charge in [-0.15, -0.1) is 0 Å². The molecule has 0 spiro atoms. The van der Waals surface area contributed by atoms with E-state index >= 15 is 0 Å². The third-order valence-corrected chi connectivity index (χ3v) is 7.28. The molecule has 1 fully saturated rings. The summed E-state index contributed by atoms with van der Waals surface area (Å²) in [6, 6.07) is 14.4. The average molecular weight is 414 g/mol. The third-order valence-electron chi connectivity index (χ3n) is 5.35. The van der Waals surface area contributed by atoms with Crippen LogP contribution in [-0.4, -0.2) is 42.0 Å². The molecule has 3 aromatic rings. The van der Waals surface area contributed by atoms with Gasteiger partial charge in [0.2, 0.25) is 15.9 Å². The van der Waals surface area contributed by atoms with Crippen LogP contribution in [0.1, 0.15) is 31.4 Å². The third kappa shape index (κ3) is 3.88. The normalized spacial score (nSPS) is 17.3. The van der Waals surface area contributed by atoms with Crippen LogP contribution in [0.3, 0.4) is 0 Å². The molecule has 4 rings (SSSR count). The van der Waals surface area contributed by atoms with E-state index in [1.165, 1.54) is 10.4 Å². The predicted molar refractivity (Wildman–Crippen MR) is 106 cm³/mol. The van der Waals surface area contributed by atoms with Gasteiger partial charge in [-0.3, -0.25) is 4.79 Å². The van der Waals surface area contributed by atoms with Crippen molar-refractivity contribution in [2.24, 2.45) is 5.92 Å². The van der Waals surface area contributed by atoms with Crippen LogP contribution in [0.2, 0.25) is 0 Å². The van der Waals surface area contributed by atoms with Gasteiger partial charge in [-0.2, -0.15) is 4.31 Å². The molecule has 0 bridgehead atoms. The molecule has 0 saturated carbocycles. The van der Waals surface area contributed by atoms with Crippen LogP contribution >= 0.6 is 0 Å². The molecular weight excluding hydrogens is 392 g/mol. The molecule has 152 valence electrons. The van der Waals surface area contributed by atoms with Gasteiger partial charge >= 0.3 is 0 Å². The van der Waals surface area contributed by atoms with Crippen LogP contribution in [0, 0.1) is 5.92 Å². The van der Waals surface area contributed by atoms with E-state index in [0.717, 1.165) is 5.56 Å². The minimum Gasteiger partial charge on any atom is -0.349 e. The van der Waals surface area contributed by atoms with Crippen molar-refractivity contribution in [3.8, 4) is 0 Å². The Balaban J connectivity index is 1.41. The van der Waals surface area contributed by atoms with Gasteiger partial charge in [0.15, 0.2) is 5.52 Å². The Hall–Kier alpha value is -2.78. The minimum atomic E-state index is -3.73. The van der Waals surface area contributed by atoms with Gasteiger partial charge in [0.25, 0.3) is 0 Å². The lowest BCUT2D eigenvalue weighted by Gasteiger charge is -2.31. The molecule has 1 amide bonds. The Labute approximate surface area is 168 Å². The Bertz CT molecular complexity index is 1110. The Kier molecular flexibility index (Phi) is 5.33. The first-order chi connectivity index (χ1) is 14.0. The number of benzene rings is 2. The first-order valence-corrected chi connectivity index (χ1v) is 11.0. The minimum absolute atomic E-state index is 0.0406. The van der Waals surface area contributed by atoms with Gasteiger partial charge in [0.05, 0.1) is 6.04 Å². The highest BCUT2D eigenvalue weighted by atomic mass is 32.2. The number of aromatic nitrogens is 2. The van der Waals surface area contributed by atoms with E-state index in [9.17, 15) is 13.2 Å². The van der Waals surface area contributed by atoms with Gasteiger partial charge in [-0.1, -0.05) is 36.4 Å². The van der Waals surface area contributed by atoms with Crippen molar-refractivity contribution >= 4 is 27.0 Å². The zero-order chi connectivity index (χ0) is 20.4. The second-order valence-electron chi connectivity index (χ2n) is 7.21. The fourth-order valence-electron chi connectivity index (χ4n) is 3.64. The number of rotatable bonds is 5. The second kappa shape index (κ2) is 7.92. The van der Waals surface area contributed by atoms with Crippen molar-refractivity contribution in [2.45, 2.75) is 30.7 Å². The highest BCUT2D eigenvalue weighted by Gasteiger charge is 2.34. The maximum Gasteiger partial charge on any atom is 0.245 e. The van der Waals surface area contributed by atoms with Crippen LogP contribution in [0.5, 0.6) is 0 Å². The Morgan fingerprint density at radius 3 is 2.55 bits per heavy atom. The van der Waals surface area contributed by atoms with Gasteiger partial charge in [-0.05, 0) is 47.8 Å². The summed E-state index contributed by atoms with van der Waals surface area (Å²) in [6.45, 7) is 2.50. The maximum absolute atomic E-state index is 13.1. The highest BCUT2D eigenvalue weighted by molar-refractivity contribution is 7.89. The van der Waals surface area contributed by atoms with Crippen LogP contribution < -0.4 is 5.32 Å². The average Bonchev–Trinajstić information content (AvgIpc) is 3.23. The van der Waals surface area contributed by atoms with Gasteiger partial charge in [-0.25, -0.2) is 13.0 Å². The van der Waals surface area contributed by atoms with Crippen molar-refractivity contribution in [2.75, 3.05) is 13.1 Å². The van der Waals surface area contributed by atoms with Gasteiger partial charge in [0, 0.05) is 19.0 Å². The van der Waals surface area contributed by atoms with Crippen LogP contribution in [0.4, 0.5) is 0 Å². The van der Waals surface area contributed by atoms with Crippen LogP contribution in [0.15, 0.2) is 58.1 Å². The number of sulfonamides is 1. The molecule has 0 unspecified atom stereocenters. The SMILES string of the molecule is C[C@H](NC(=O)C1CCN(S(=O)(=O)c2cccc3nonc23)CC1)c1ccccc1. The standard InChI is InChI=1S/C20H22N4O4S/c1-14(15-6-3-2-4-7-15)21-20(25)16-10-12-24(13-11-16)29(26,27)18-9-5-8-17-19(18)23-28-22-17/h2-9,14,16H,10-13H2,1H3,(H,21,25)/t14-/m0/s1. The fraction of sp³-hybridized carbons (Fsp3) is 0.350. The number of carbonyl (C=O) groups is 1. The quantitative estimate of drug-likeness (QED) is 0.688. The molecular formula is C20H22N4O4S. The van der Waals surface area contributed by atoms with Crippen molar-refractivity contribution in [3.63, 3.8) is 0 Å². The summed E-state index contributed by atoms with van der Waals surface area (Å²) in [5.41, 5.74) is 1.66. The molecule has 1 aromatic heterocycles. The summed E-state index contributed by atoms with van der Waals surface area (Å²) >= 11 is 0. The lowest BCUT2D eigenvalue weighted by Crippen LogP contribution is -2.43. The second-order valence-corrected chi connectivity index (χ2v) is 9.11. The van der Waals surface area contributed by atoms with Gasteiger partial charge < -0.3 is 5.32 Å². The smallest absolute Gasteiger partial charge is 0.245 e. The van der Waals surface area contributed by atoms with Crippen molar-refractivity contribution in [1.82, 2.24) is 19.9 Å². The zero-order valence-electron chi connectivity index (χ0n) is 16.0. The van der Waals surface area contributed by atoms with Crippen LogP contribution in [0.25, 0.3) is 11.0 Å².